The summed E-state index contributed by atoms with van der Waals surface area (Å²) in [6.45, 7) is 7.99. The lowest BCUT2D eigenvalue weighted by Gasteiger charge is -2.08. The molecular formula is C15H21N5O3. The topological polar surface area (TPSA) is 91.0 Å². The molecule has 0 saturated carbocycles. The molecule has 23 heavy (non-hydrogen) atoms. The fourth-order valence-electron chi connectivity index (χ4n) is 2.65. The van der Waals surface area contributed by atoms with Crippen LogP contribution in [0.1, 0.15) is 44.9 Å². The smallest absolute Gasteiger partial charge is 0.358 e. The van der Waals surface area contributed by atoms with Crippen LogP contribution >= 0.6 is 0 Å². The van der Waals surface area contributed by atoms with E-state index in [0.717, 1.165) is 5.69 Å². The Kier molecular flexibility index (Phi) is 4.53. The van der Waals surface area contributed by atoms with Gasteiger partial charge in [-0.3, -0.25) is 14.2 Å². The van der Waals surface area contributed by atoms with E-state index >= 15 is 0 Å². The van der Waals surface area contributed by atoms with E-state index in [1.165, 1.54) is 11.8 Å². The van der Waals surface area contributed by atoms with Crippen molar-refractivity contribution in [2.75, 3.05) is 12.4 Å². The third-order valence-corrected chi connectivity index (χ3v) is 3.75. The predicted octanol–water partition coefficient (Wildman–Crippen LogP) is 1.60. The Balaban J connectivity index is 2.42. The van der Waals surface area contributed by atoms with Gasteiger partial charge in [0.15, 0.2) is 5.69 Å². The highest BCUT2D eigenvalue weighted by Crippen LogP contribution is 2.23. The maximum atomic E-state index is 12.7. The number of hydrogen-bond donors (Lipinski definition) is 1. The molecule has 2 heterocycles. The molecule has 0 spiro atoms. The van der Waals surface area contributed by atoms with E-state index in [2.05, 4.69) is 15.5 Å². The first-order chi connectivity index (χ1) is 10.8. The lowest BCUT2D eigenvalue weighted by Crippen LogP contribution is -2.18. The molecule has 1 amide bonds. The van der Waals surface area contributed by atoms with Crippen LogP contribution in [-0.2, 0) is 18.3 Å². The van der Waals surface area contributed by atoms with Crippen molar-refractivity contribution in [2.45, 2.75) is 34.2 Å². The Labute approximate surface area is 134 Å². The number of ether oxygens (including phenoxy) is 1. The minimum Gasteiger partial charge on any atom is -0.464 e. The van der Waals surface area contributed by atoms with E-state index in [4.69, 9.17) is 4.74 Å². The minimum absolute atomic E-state index is 0.205. The molecule has 124 valence electrons. The van der Waals surface area contributed by atoms with Crippen molar-refractivity contribution in [3.8, 4) is 0 Å². The standard InChI is InChI=1S/C15H21N5O3/c1-7-20-10(4)11(8(2)18-20)14(21)16-12-9(3)17-19(5)13(12)15(22)23-6/h7H2,1-6H3,(H,16,21). The number of carbonyl (C=O) groups is 2. The summed E-state index contributed by atoms with van der Waals surface area (Å²) in [5.41, 5.74) is 3.03. The van der Waals surface area contributed by atoms with Crippen LogP contribution in [0, 0.1) is 20.8 Å². The third kappa shape index (κ3) is 2.84. The van der Waals surface area contributed by atoms with Gasteiger partial charge in [0.05, 0.1) is 29.7 Å². The van der Waals surface area contributed by atoms with Crippen LogP contribution in [-0.4, -0.2) is 38.5 Å². The molecule has 0 unspecified atom stereocenters. The summed E-state index contributed by atoms with van der Waals surface area (Å²) in [6.07, 6.45) is 0. The highest BCUT2D eigenvalue weighted by atomic mass is 16.5. The van der Waals surface area contributed by atoms with Gasteiger partial charge in [-0.25, -0.2) is 4.79 Å². The zero-order valence-corrected chi connectivity index (χ0v) is 14.2. The first kappa shape index (κ1) is 16.7. The maximum Gasteiger partial charge on any atom is 0.358 e. The summed E-state index contributed by atoms with van der Waals surface area (Å²) in [7, 11) is 2.91. The molecule has 2 rings (SSSR count). The van der Waals surface area contributed by atoms with Crippen LogP contribution in [0.25, 0.3) is 0 Å². The molecule has 0 bridgehead atoms. The van der Waals surface area contributed by atoms with Crippen LogP contribution in [0.2, 0.25) is 0 Å². The van der Waals surface area contributed by atoms with Crippen molar-refractivity contribution in [3.05, 3.63) is 28.3 Å². The van der Waals surface area contributed by atoms with Gasteiger partial charge in [0.2, 0.25) is 0 Å². The van der Waals surface area contributed by atoms with Gasteiger partial charge in [0.1, 0.15) is 0 Å². The molecule has 0 aliphatic carbocycles. The van der Waals surface area contributed by atoms with E-state index in [1.54, 1.807) is 25.6 Å². The number of hydrogen-bond acceptors (Lipinski definition) is 5. The van der Waals surface area contributed by atoms with E-state index in [-0.39, 0.29) is 11.6 Å². The summed E-state index contributed by atoms with van der Waals surface area (Å²) < 4.78 is 7.92. The maximum absolute atomic E-state index is 12.7. The van der Waals surface area contributed by atoms with Crippen LogP contribution in [0.3, 0.4) is 0 Å². The Bertz CT molecular complexity index is 773. The number of amides is 1. The third-order valence-electron chi connectivity index (χ3n) is 3.75. The van der Waals surface area contributed by atoms with Crippen molar-refractivity contribution in [1.29, 1.82) is 0 Å². The second kappa shape index (κ2) is 6.23. The highest BCUT2D eigenvalue weighted by Gasteiger charge is 2.25. The lowest BCUT2D eigenvalue weighted by molar-refractivity contribution is 0.0589. The van der Waals surface area contributed by atoms with Gasteiger partial charge in [0.25, 0.3) is 5.91 Å². The van der Waals surface area contributed by atoms with Crippen molar-refractivity contribution in [2.24, 2.45) is 7.05 Å². The summed E-state index contributed by atoms with van der Waals surface area (Å²) in [5.74, 6) is -0.873. The molecule has 2 aromatic heterocycles. The van der Waals surface area contributed by atoms with E-state index in [1.807, 2.05) is 13.8 Å². The van der Waals surface area contributed by atoms with Crippen molar-refractivity contribution >= 4 is 17.6 Å². The summed E-state index contributed by atoms with van der Waals surface area (Å²) >= 11 is 0. The molecule has 0 atom stereocenters. The molecular weight excluding hydrogens is 298 g/mol. The van der Waals surface area contributed by atoms with Crippen molar-refractivity contribution in [3.63, 3.8) is 0 Å². The summed E-state index contributed by atoms with van der Waals surface area (Å²) in [5, 5.41) is 11.3. The van der Waals surface area contributed by atoms with Crippen molar-refractivity contribution < 1.29 is 14.3 Å². The largest absolute Gasteiger partial charge is 0.464 e. The van der Waals surface area contributed by atoms with Crippen LogP contribution in [0.4, 0.5) is 5.69 Å². The molecule has 0 aliphatic rings. The molecule has 2 aromatic rings. The van der Waals surface area contributed by atoms with Gasteiger partial charge in [-0.15, -0.1) is 0 Å². The van der Waals surface area contributed by atoms with E-state index < -0.39 is 5.97 Å². The molecule has 8 heteroatoms. The predicted molar refractivity (Wildman–Crippen MR) is 84.6 cm³/mol. The Morgan fingerprint density at radius 3 is 2.35 bits per heavy atom. The van der Waals surface area contributed by atoms with Gasteiger partial charge < -0.3 is 10.1 Å². The zero-order valence-electron chi connectivity index (χ0n) is 14.2. The summed E-state index contributed by atoms with van der Waals surface area (Å²) in [4.78, 5) is 24.6. The summed E-state index contributed by atoms with van der Waals surface area (Å²) in [6, 6.07) is 0. The first-order valence-electron chi connectivity index (χ1n) is 7.29. The van der Waals surface area contributed by atoms with Crippen LogP contribution in [0.15, 0.2) is 0 Å². The number of esters is 1. The van der Waals surface area contributed by atoms with Gasteiger partial charge in [-0.2, -0.15) is 10.2 Å². The number of aromatic nitrogens is 4. The highest BCUT2D eigenvalue weighted by molar-refractivity contribution is 6.09. The number of carbonyl (C=O) groups excluding carboxylic acids is 2. The minimum atomic E-state index is -0.555. The number of nitrogens with zero attached hydrogens (tertiary/aromatic N) is 4. The van der Waals surface area contributed by atoms with Gasteiger partial charge >= 0.3 is 5.97 Å². The van der Waals surface area contributed by atoms with Gasteiger partial charge in [0, 0.05) is 19.3 Å². The number of methoxy groups -OCH3 is 1. The molecule has 0 aliphatic heterocycles. The first-order valence-corrected chi connectivity index (χ1v) is 7.29. The average molecular weight is 319 g/mol. The fourth-order valence-corrected chi connectivity index (χ4v) is 2.65. The fraction of sp³-hybridized carbons (Fsp3) is 0.467. The number of rotatable bonds is 4. The molecule has 0 radical (unpaired) electrons. The van der Waals surface area contributed by atoms with Gasteiger partial charge in [-0.05, 0) is 27.7 Å². The second-order valence-corrected chi connectivity index (χ2v) is 5.24. The molecule has 8 nitrogen and oxygen atoms in total. The van der Waals surface area contributed by atoms with Crippen molar-refractivity contribution in [1.82, 2.24) is 19.6 Å². The Hall–Kier alpha value is -2.64. The number of nitrogens with one attached hydrogen (secondary N) is 1. The monoisotopic (exact) mass is 319 g/mol. The molecule has 1 N–H and O–H groups in total. The Morgan fingerprint density at radius 1 is 1.17 bits per heavy atom. The quantitative estimate of drug-likeness (QED) is 0.864. The SMILES string of the molecule is CCn1nc(C)c(C(=O)Nc2c(C)nn(C)c2C(=O)OC)c1C. The normalized spacial score (nSPS) is 10.7. The van der Waals surface area contributed by atoms with E-state index in [9.17, 15) is 9.59 Å². The molecule has 0 aromatic carbocycles. The Morgan fingerprint density at radius 2 is 1.83 bits per heavy atom. The second-order valence-electron chi connectivity index (χ2n) is 5.24. The van der Waals surface area contributed by atoms with Gasteiger partial charge in [-0.1, -0.05) is 0 Å². The molecule has 0 saturated heterocycles. The number of aryl methyl sites for hydroxylation is 4. The van der Waals surface area contributed by atoms with Crippen LogP contribution < -0.4 is 5.32 Å². The molecule has 0 fully saturated rings. The lowest BCUT2D eigenvalue weighted by atomic mass is 10.1. The van der Waals surface area contributed by atoms with E-state index in [0.29, 0.717) is 29.2 Å². The number of anilines is 1. The van der Waals surface area contributed by atoms with Crippen LogP contribution in [0.5, 0.6) is 0 Å². The average Bonchev–Trinajstić information content (AvgIpc) is 2.94. The zero-order chi connectivity index (χ0) is 17.3.